The standard InChI is InChI=1S/C25H27NO3/c1-15(2)18-12-21-24(22(27)13-18)23-19(25(28)29-4)9-6-10-20(23)26(21)14-17-8-5-7-16(3)11-17/h5-11,15,18H,12-14H2,1-4H3. The van der Waals surface area contributed by atoms with Crippen LogP contribution in [0.5, 0.6) is 0 Å². The van der Waals surface area contributed by atoms with Crippen LogP contribution in [0.4, 0.5) is 0 Å². The van der Waals surface area contributed by atoms with Crippen LogP contribution in [-0.2, 0) is 17.7 Å². The van der Waals surface area contributed by atoms with Gasteiger partial charge in [-0.3, -0.25) is 4.79 Å². The highest BCUT2D eigenvalue weighted by molar-refractivity contribution is 6.16. The fraction of sp³-hybridized carbons (Fsp3) is 0.360. The molecule has 0 amide bonds. The number of carbonyl (C=O) groups excluding carboxylic acids is 2. The molecule has 1 heterocycles. The first-order valence-corrected chi connectivity index (χ1v) is 10.2. The van der Waals surface area contributed by atoms with Gasteiger partial charge in [-0.05, 0) is 42.9 Å². The van der Waals surface area contributed by atoms with Crippen LogP contribution in [0.1, 0.15) is 57.8 Å². The Morgan fingerprint density at radius 2 is 1.93 bits per heavy atom. The van der Waals surface area contributed by atoms with E-state index in [-0.39, 0.29) is 5.78 Å². The minimum Gasteiger partial charge on any atom is -0.465 e. The molecule has 0 bridgehead atoms. The Balaban J connectivity index is 1.98. The van der Waals surface area contributed by atoms with Crippen LogP contribution < -0.4 is 0 Å². The summed E-state index contributed by atoms with van der Waals surface area (Å²) in [5.74, 6) is 0.481. The number of hydrogen-bond acceptors (Lipinski definition) is 3. The SMILES string of the molecule is COC(=O)c1cccc2c1c1c(n2Cc2cccc(C)c2)CC(C(C)C)CC1=O. The first-order valence-electron chi connectivity index (χ1n) is 10.2. The van der Waals surface area contributed by atoms with Gasteiger partial charge < -0.3 is 9.30 Å². The number of ketones is 1. The third-order valence-electron chi connectivity index (χ3n) is 6.15. The highest BCUT2D eigenvalue weighted by Crippen LogP contribution is 2.38. The van der Waals surface area contributed by atoms with Crippen LogP contribution in [0.3, 0.4) is 0 Å². The van der Waals surface area contributed by atoms with Gasteiger partial charge in [-0.1, -0.05) is 49.7 Å². The molecule has 0 radical (unpaired) electrons. The maximum absolute atomic E-state index is 13.2. The van der Waals surface area contributed by atoms with Crippen LogP contribution in [0, 0.1) is 18.8 Å². The molecule has 0 spiro atoms. The van der Waals surface area contributed by atoms with Crippen molar-refractivity contribution in [3.05, 3.63) is 70.4 Å². The second-order valence-corrected chi connectivity index (χ2v) is 8.42. The number of benzene rings is 2. The molecule has 0 N–H and O–H groups in total. The number of methoxy groups -OCH3 is 1. The quantitative estimate of drug-likeness (QED) is 0.577. The van der Waals surface area contributed by atoms with Gasteiger partial charge >= 0.3 is 5.97 Å². The molecule has 2 aromatic carbocycles. The second kappa shape index (κ2) is 7.51. The van der Waals surface area contributed by atoms with Gasteiger partial charge in [0.15, 0.2) is 5.78 Å². The van der Waals surface area contributed by atoms with E-state index in [1.54, 1.807) is 6.07 Å². The number of fused-ring (bicyclic) bond motifs is 3. The van der Waals surface area contributed by atoms with E-state index < -0.39 is 5.97 Å². The fourth-order valence-corrected chi connectivity index (χ4v) is 4.55. The van der Waals surface area contributed by atoms with Gasteiger partial charge in [-0.15, -0.1) is 0 Å². The van der Waals surface area contributed by atoms with Gasteiger partial charge in [0, 0.05) is 29.6 Å². The van der Waals surface area contributed by atoms with Crippen molar-refractivity contribution in [2.75, 3.05) is 7.11 Å². The predicted octanol–water partition coefficient (Wildman–Crippen LogP) is 5.19. The van der Waals surface area contributed by atoms with Crippen molar-refractivity contribution in [1.29, 1.82) is 0 Å². The van der Waals surface area contributed by atoms with Crippen LogP contribution in [0.2, 0.25) is 0 Å². The van der Waals surface area contributed by atoms with Crippen molar-refractivity contribution in [3.8, 4) is 0 Å². The van der Waals surface area contributed by atoms with E-state index in [4.69, 9.17) is 4.74 Å². The maximum Gasteiger partial charge on any atom is 0.338 e. The van der Waals surface area contributed by atoms with Crippen molar-refractivity contribution in [2.24, 2.45) is 11.8 Å². The van der Waals surface area contributed by atoms with Crippen molar-refractivity contribution in [1.82, 2.24) is 4.57 Å². The molecular formula is C25H27NO3. The number of nitrogens with zero attached hydrogens (tertiary/aromatic N) is 1. The Bertz CT molecular complexity index is 1110. The maximum atomic E-state index is 13.2. The van der Waals surface area contributed by atoms with E-state index in [0.29, 0.717) is 35.9 Å². The largest absolute Gasteiger partial charge is 0.465 e. The Labute approximate surface area is 171 Å². The number of ether oxygens (including phenoxy) is 1. The number of rotatable bonds is 4. The van der Waals surface area contributed by atoms with Crippen LogP contribution in [-0.4, -0.2) is 23.4 Å². The zero-order valence-electron chi connectivity index (χ0n) is 17.5. The van der Waals surface area contributed by atoms with E-state index in [0.717, 1.165) is 23.0 Å². The molecule has 1 aromatic heterocycles. The monoisotopic (exact) mass is 389 g/mol. The first kappa shape index (κ1) is 19.4. The molecule has 1 atom stereocenters. The van der Waals surface area contributed by atoms with Crippen molar-refractivity contribution >= 4 is 22.7 Å². The molecule has 1 aliphatic rings. The molecular weight excluding hydrogens is 362 g/mol. The van der Waals surface area contributed by atoms with Gasteiger partial charge in [-0.25, -0.2) is 4.79 Å². The molecule has 0 fully saturated rings. The zero-order chi connectivity index (χ0) is 20.7. The average Bonchev–Trinajstić information content (AvgIpc) is 3.01. The lowest BCUT2D eigenvalue weighted by molar-refractivity contribution is 0.0603. The number of aryl methyl sites for hydroxylation is 1. The number of hydrogen-bond donors (Lipinski definition) is 0. The van der Waals surface area contributed by atoms with E-state index in [1.807, 2.05) is 12.1 Å². The topological polar surface area (TPSA) is 48.3 Å². The molecule has 4 nitrogen and oxygen atoms in total. The summed E-state index contributed by atoms with van der Waals surface area (Å²) in [7, 11) is 1.38. The van der Waals surface area contributed by atoms with E-state index >= 15 is 0 Å². The lowest BCUT2D eigenvalue weighted by Gasteiger charge is -2.26. The number of carbonyl (C=O) groups is 2. The normalized spacial score (nSPS) is 16.3. The highest BCUT2D eigenvalue weighted by atomic mass is 16.5. The van der Waals surface area contributed by atoms with Gasteiger partial charge in [0.2, 0.25) is 0 Å². The van der Waals surface area contributed by atoms with Crippen LogP contribution in [0.25, 0.3) is 10.9 Å². The third kappa shape index (κ3) is 3.37. The summed E-state index contributed by atoms with van der Waals surface area (Å²) in [4.78, 5) is 25.7. The van der Waals surface area contributed by atoms with Gasteiger partial charge in [0.05, 0.1) is 18.2 Å². The van der Waals surface area contributed by atoms with E-state index in [2.05, 4.69) is 49.6 Å². The van der Waals surface area contributed by atoms with E-state index in [1.165, 1.54) is 18.2 Å². The highest BCUT2D eigenvalue weighted by Gasteiger charge is 2.34. The molecule has 0 aliphatic heterocycles. The summed E-state index contributed by atoms with van der Waals surface area (Å²) in [6.07, 6.45) is 1.38. The Morgan fingerprint density at radius 3 is 2.62 bits per heavy atom. The molecule has 29 heavy (non-hydrogen) atoms. The molecule has 1 aliphatic carbocycles. The van der Waals surface area contributed by atoms with Crippen molar-refractivity contribution < 1.29 is 14.3 Å². The first-order chi connectivity index (χ1) is 13.9. The summed E-state index contributed by atoms with van der Waals surface area (Å²) in [6, 6.07) is 14.1. The summed E-state index contributed by atoms with van der Waals surface area (Å²) < 4.78 is 7.25. The van der Waals surface area contributed by atoms with Gasteiger partial charge in [-0.2, -0.15) is 0 Å². The van der Waals surface area contributed by atoms with Crippen LogP contribution in [0.15, 0.2) is 42.5 Å². The number of aromatic nitrogens is 1. The molecule has 0 saturated heterocycles. The Morgan fingerprint density at radius 1 is 1.17 bits per heavy atom. The summed E-state index contributed by atoms with van der Waals surface area (Å²) in [5, 5.41) is 0.745. The minimum absolute atomic E-state index is 0.134. The Hall–Kier alpha value is -2.88. The van der Waals surface area contributed by atoms with E-state index in [9.17, 15) is 9.59 Å². The summed E-state index contributed by atoms with van der Waals surface area (Å²) in [5.41, 5.74) is 5.56. The lowest BCUT2D eigenvalue weighted by Crippen LogP contribution is -2.25. The predicted molar refractivity (Wildman–Crippen MR) is 115 cm³/mol. The number of esters is 1. The van der Waals surface area contributed by atoms with Crippen molar-refractivity contribution in [2.45, 2.75) is 40.2 Å². The smallest absolute Gasteiger partial charge is 0.338 e. The lowest BCUT2D eigenvalue weighted by atomic mass is 9.79. The number of Topliss-reactive ketones (excluding diaryl/α,β-unsaturated/α-hetero) is 1. The summed E-state index contributed by atoms with van der Waals surface area (Å²) >= 11 is 0. The van der Waals surface area contributed by atoms with Crippen molar-refractivity contribution in [3.63, 3.8) is 0 Å². The molecule has 4 heteroatoms. The van der Waals surface area contributed by atoms with Gasteiger partial charge in [0.1, 0.15) is 0 Å². The molecule has 150 valence electrons. The summed E-state index contributed by atoms with van der Waals surface area (Å²) in [6.45, 7) is 7.11. The minimum atomic E-state index is -0.398. The van der Waals surface area contributed by atoms with Crippen LogP contribution >= 0.6 is 0 Å². The molecule has 0 saturated carbocycles. The zero-order valence-corrected chi connectivity index (χ0v) is 17.5. The fourth-order valence-electron chi connectivity index (χ4n) is 4.55. The second-order valence-electron chi connectivity index (χ2n) is 8.42. The molecule has 3 aromatic rings. The molecule has 4 rings (SSSR count). The average molecular weight is 389 g/mol. The van der Waals surface area contributed by atoms with Gasteiger partial charge in [0.25, 0.3) is 0 Å². The molecule has 1 unspecified atom stereocenters. The third-order valence-corrected chi connectivity index (χ3v) is 6.15. The Kier molecular flexibility index (Phi) is 5.03.